The normalized spacial score (nSPS) is 10.2. The van der Waals surface area contributed by atoms with Crippen molar-refractivity contribution in [3.8, 4) is 11.5 Å². The maximum atomic E-state index is 11.8. The fraction of sp³-hybridized carbons (Fsp3) is 0.417. The van der Waals surface area contributed by atoms with Crippen LogP contribution in [-0.2, 0) is 4.74 Å². The van der Waals surface area contributed by atoms with Crippen LogP contribution >= 0.6 is 0 Å². The van der Waals surface area contributed by atoms with Gasteiger partial charge in [-0.05, 0) is 13.8 Å². The van der Waals surface area contributed by atoms with Crippen molar-refractivity contribution >= 4 is 11.7 Å². The number of esters is 1. The first kappa shape index (κ1) is 14.7. The summed E-state index contributed by atoms with van der Waals surface area (Å²) in [5, 5.41) is 10.9. The third-order valence-electron chi connectivity index (χ3n) is 2.26. The van der Waals surface area contributed by atoms with Crippen LogP contribution in [0.1, 0.15) is 24.2 Å². The number of nitrogens with zero attached hydrogens (tertiary/aromatic N) is 1. The molecule has 0 aromatic heterocycles. The lowest BCUT2D eigenvalue weighted by atomic mass is 10.1. The molecule has 0 fully saturated rings. The van der Waals surface area contributed by atoms with Gasteiger partial charge in [0.15, 0.2) is 0 Å². The Hall–Kier alpha value is -2.31. The van der Waals surface area contributed by atoms with E-state index in [0.29, 0.717) is 0 Å². The molecule has 0 spiro atoms. The summed E-state index contributed by atoms with van der Waals surface area (Å²) in [5.41, 5.74) is -0.331. The quantitative estimate of drug-likeness (QED) is 0.462. The van der Waals surface area contributed by atoms with Crippen LogP contribution in [-0.4, -0.2) is 31.2 Å². The number of hydrogen-bond donors (Lipinski definition) is 0. The number of carbonyl (C=O) groups excluding carboxylic acids is 1. The first-order valence-corrected chi connectivity index (χ1v) is 5.52. The fourth-order valence-corrected chi connectivity index (χ4v) is 1.46. The Labute approximate surface area is 110 Å². The maximum Gasteiger partial charge on any atom is 0.342 e. The smallest absolute Gasteiger partial charge is 0.342 e. The van der Waals surface area contributed by atoms with Crippen molar-refractivity contribution < 1.29 is 23.9 Å². The van der Waals surface area contributed by atoms with Crippen LogP contribution in [0.3, 0.4) is 0 Å². The summed E-state index contributed by atoms with van der Waals surface area (Å²) in [7, 11) is 2.65. The van der Waals surface area contributed by atoms with Gasteiger partial charge in [-0.3, -0.25) is 10.1 Å². The van der Waals surface area contributed by atoms with E-state index in [2.05, 4.69) is 0 Å². The molecule has 0 radical (unpaired) electrons. The molecule has 0 bridgehead atoms. The highest BCUT2D eigenvalue weighted by atomic mass is 16.6. The van der Waals surface area contributed by atoms with Gasteiger partial charge in [-0.1, -0.05) is 0 Å². The number of benzene rings is 1. The average Bonchev–Trinajstić information content (AvgIpc) is 2.35. The Morgan fingerprint density at radius 3 is 2.21 bits per heavy atom. The molecule has 1 rings (SSSR count). The third-order valence-corrected chi connectivity index (χ3v) is 2.26. The van der Waals surface area contributed by atoms with E-state index in [4.69, 9.17) is 14.2 Å². The molecule has 1 aromatic rings. The Balaban J connectivity index is 3.33. The molecule has 0 saturated carbocycles. The SMILES string of the molecule is COc1cc(OC)c([N+](=O)[O-])cc1C(=O)OC(C)C. The molecule has 0 aliphatic rings. The van der Waals surface area contributed by atoms with Gasteiger partial charge < -0.3 is 14.2 Å². The summed E-state index contributed by atoms with van der Waals surface area (Å²) in [6.45, 7) is 3.37. The van der Waals surface area contributed by atoms with E-state index in [1.165, 1.54) is 20.3 Å². The van der Waals surface area contributed by atoms with Gasteiger partial charge in [0.25, 0.3) is 0 Å². The highest BCUT2D eigenvalue weighted by molar-refractivity contribution is 5.94. The largest absolute Gasteiger partial charge is 0.496 e. The van der Waals surface area contributed by atoms with E-state index in [1.54, 1.807) is 13.8 Å². The summed E-state index contributed by atoms with van der Waals surface area (Å²) in [5.74, 6) is -0.506. The lowest BCUT2D eigenvalue weighted by Crippen LogP contribution is -2.13. The molecule has 0 unspecified atom stereocenters. The van der Waals surface area contributed by atoms with E-state index in [0.717, 1.165) is 6.07 Å². The maximum absolute atomic E-state index is 11.8. The van der Waals surface area contributed by atoms with Gasteiger partial charge in [0.1, 0.15) is 11.3 Å². The predicted octanol–water partition coefficient (Wildman–Crippen LogP) is 2.18. The van der Waals surface area contributed by atoms with E-state index in [9.17, 15) is 14.9 Å². The predicted molar refractivity (Wildman–Crippen MR) is 66.8 cm³/mol. The number of hydrogen-bond acceptors (Lipinski definition) is 6. The molecule has 0 aliphatic heterocycles. The van der Waals surface area contributed by atoms with Gasteiger partial charge in [0.2, 0.25) is 5.75 Å². The van der Waals surface area contributed by atoms with Crippen LogP contribution in [0.15, 0.2) is 12.1 Å². The molecule has 7 nitrogen and oxygen atoms in total. The zero-order chi connectivity index (χ0) is 14.6. The molecular weight excluding hydrogens is 254 g/mol. The first-order valence-electron chi connectivity index (χ1n) is 5.52. The summed E-state index contributed by atoms with van der Waals surface area (Å²) in [4.78, 5) is 22.1. The zero-order valence-corrected chi connectivity index (χ0v) is 11.1. The molecule has 1 aromatic carbocycles. The third kappa shape index (κ3) is 3.34. The van der Waals surface area contributed by atoms with Crippen LogP contribution < -0.4 is 9.47 Å². The number of methoxy groups -OCH3 is 2. The molecule has 0 heterocycles. The summed E-state index contributed by atoms with van der Waals surface area (Å²) < 4.78 is 14.9. The molecule has 7 heteroatoms. The van der Waals surface area contributed by atoms with Crippen LogP contribution in [0.5, 0.6) is 11.5 Å². The summed E-state index contributed by atoms with van der Waals surface area (Å²) in [6.07, 6.45) is -0.335. The standard InChI is InChI=1S/C12H15NO6/c1-7(2)19-12(14)8-5-9(13(15)16)11(18-4)6-10(8)17-3/h5-7H,1-4H3. The second kappa shape index (κ2) is 6.03. The van der Waals surface area contributed by atoms with E-state index in [1.807, 2.05) is 0 Å². The van der Waals surface area contributed by atoms with E-state index < -0.39 is 10.9 Å². The number of ether oxygens (including phenoxy) is 3. The average molecular weight is 269 g/mol. The Kier molecular flexibility index (Phi) is 4.68. The number of rotatable bonds is 5. The molecule has 19 heavy (non-hydrogen) atoms. The summed E-state index contributed by atoms with van der Waals surface area (Å²) >= 11 is 0. The molecule has 0 atom stereocenters. The van der Waals surface area contributed by atoms with Crippen molar-refractivity contribution in [3.05, 3.63) is 27.8 Å². The highest BCUT2D eigenvalue weighted by Gasteiger charge is 2.24. The Morgan fingerprint density at radius 2 is 1.79 bits per heavy atom. The second-order valence-corrected chi connectivity index (χ2v) is 3.94. The van der Waals surface area contributed by atoms with Crippen molar-refractivity contribution in [3.63, 3.8) is 0 Å². The Bertz CT molecular complexity index is 497. The highest BCUT2D eigenvalue weighted by Crippen LogP contribution is 2.34. The van der Waals surface area contributed by atoms with Crippen molar-refractivity contribution in [2.75, 3.05) is 14.2 Å². The van der Waals surface area contributed by atoms with Crippen LogP contribution in [0.25, 0.3) is 0 Å². The number of nitro benzene ring substituents is 1. The second-order valence-electron chi connectivity index (χ2n) is 3.94. The van der Waals surface area contributed by atoms with Gasteiger partial charge in [-0.25, -0.2) is 4.79 Å². The van der Waals surface area contributed by atoms with Crippen LogP contribution in [0.4, 0.5) is 5.69 Å². The van der Waals surface area contributed by atoms with Crippen molar-refractivity contribution in [2.24, 2.45) is 0 Å². The minimum absolute atomic E-state index is 0.0105. The van der Waals surface area contributed by atoms with Crippen LogP contribution in [0.2, 0.25) is 0 Å². The van der Waals surface area contributed by atoms with Crippen molar-refractivity contribution in [1.82, 2.24) is 0 Å². The van der Waals surface area contributed by atoms with Gasteiger partial charge in [-0.15, -0.1) is 0 Å². The molecule has 104 valence electrons. The van der Waals surface area contributed by atoms with Crippen molar-refractivity contribution in [1.29, 1.82) is 0 Å². The van der Waals surface area contributed by atoms with E-state index in [-0.39, 0.29) is 28.9 Å². The monoisotopic (exact) mass is 269 g/mol. The number of nitro groups is 1. The Morgan fingerprint density at radius 1 is 1.21 bits per heavy atom. The van der Waals surface area contributed by atoms with Gasteiger partial charge in [0.05, 0.1) is 25.2 Å². The van der Waals surface area contributed by atoms with Gasteiger partial charge in [0, 0.05) is 12.1 Å². The minimum Gasteiger partial charge on any atom is -0.496 e. The minimum atomic E-state index is -0.683. The summed E-state index contributed by atoms with van der Waals surface area (Å²) in [6, 6.07) is 2.37. The van der Waals surface area contributed by atoms with Crippen molar-refractivity contribution in [2.45, 2.75) is 20.0 Å². The van der Waals surface area contributed by atoms with Crippen LogP contribution in [0, 0.1) is 10.1 Å². The van der Waals surface area contributed by atoms with Gasteiger partial charge in [-0.2, -0.15) is 0 Å². The number of carbonyl (C=O) groups is 1. The zero-order valence-electron chi connectivity index (χ0n) is 11.1. The first-order chi connectivity index (χ1) is 8.90. The molecule has 0 saturated heterocycles. The lowest BCUT2D eigenvalue weighted by molar-refractivity contribution is -0.385. The topological polar surface area (TPSA) is 87.9 Å². The molecular formula is C12H15NO6. The molecule has 0 amide bonds. The van der Waals surface area contributed by atoms with Gasteiger partial charge >= 0.3 is 11.7 Å². The fourth-order valence-electron chi connectivity index (χ4n) is 1.46. The molecule has 0 aliphatic carbocycles. The van der Waals surface area contributed by atoms with E-state index >= 15 is 0 Å². The molecule has 0 N–H and O–H groups in total. The lowest BCUT2D eigenvalue weighted by Gasteiger charge is -2.12.